The summed E-state index contributed by atoms with van der Waals surface area (Å²) in [5.74, 6) is 0.696. The van der Waals surface area contributed by atoms with Crippen LogP contribution >= 0.6 is 11.3 Å². The number of aromatic nitrogens is 3. The minimum Gasteiger partial charge on any atom is -0.480 e. The van der Waals surface area contributed by atoms with Crippen LogP contribution in [0.4, 0.5) is 5.69 Å². The number of methoxy groups -OCH3 is 2. The molecule has 1 amide bonds. The van der Waals surface area contributed by atoms with Crippen LogP contribution in [0.5, 0.6) is 5.88 Å². The largest absolute Gasteiger partial charge is 0.480 e. The second-order valence-corrected chi connectivity index (χ2v) is 8.14. The molecule has 9 heteroatoms. The fourth-order valence-electron chi connectivity index (χ4n) is 3.37. The molecular formula is C23H22N4O4S. The minimum atomic E-state index is -0.229. The van der Waals surface area contributed by atoms with Crippen molar-refractivity contribution in [1.29, 1.82) is 0 Å². The first kappa shape index (κ1) is 21.7. The Morgan fingerprint density at radius 1 is 1.12 bits per heavy atom. The van der Waals surface area contributed by atoms with Gasteiger partial charge in [-0.15, -0.1) is 11.3 Å². The van der Waals surface area contributed by atoms with Crippen LogP contribution in [-0.2, 0) is 17.9 Å². The smallest absolute Gasteiger partial charge is 0.266 e. The van der Waals surface area contributed by atoms with E-state index in [1.54, 1.807) is 31.0 Å². The zero-order chi connectivity index (χ0) is 22.7. The van der Waals surface area contributed by atoms with Gasteiger partial charge in [-0.1, -0.05) is 18.2 Å². The molecule has 0 aliphatic carbocycles. The Labute approximate surface area is 188 Å². The SMILES string of the molecule is COCc1nc(OC)c2c(C)c(C(=O)Nc3ccc(Cn4ccccc4=O)cc3)sc2n1. The quantitative estimate of drug-likeness (QED) is 0.462. The van der Waals surface area contributed by atoms with Crippen LogP contribution in [0.25, 0.3) is 10.2 Å². The summed E-state index contributed by atoms with van der Waals surface area (Å²) >= 11 is 1.29. The standard InChI is InChI=1S/C23H22N4O4S/c1-14-19-22(31-3)25-17(13-30-2)26-23(19)32-20(14)21(29)24-16-9-7-15(8-10-16)12-27-11-5-4-6-18(27)28/h4-11H,12-13H2,1-3H3,(H,24,29). The van der Waals surface area contributed by atoms with E-state index in [1.165, 1.54) is 17.4 Å². The third-order valence-electron chi connectivity index (χ3n) is 4.94. The van der Waals surface area contributed by atoms with E-state index in [9.17, 15) is 9.59 Å². The van der Waals surface area contributed by atoms with Gasteiger partial charge in [0.15, 0.2) is 5.82 Å². The van der Waals surface area contributed by atoms with Crippen LogP contribution in [0, 0.1) is 6.92 Å². The fraction of sp³-hybridized carbons (Fsp3) is 0.217. The van der Waals surface area contributed by atoms with Crippen molar-refractivity contribution in [2.75, 3.05) is 19.5 Å². The fourth-order valence-corrected chi connectivity index (χ4v) is 4.46. The van der Waals surface area contributed by atoms with E-state index < -0.39 is 0 Å². The molecule has 3 heterocycles. The molecule has 0 saturated carbocycles. The molecule has 0 aliphatic heterocycles. The number of rotatable bonds is 7. The number of carbonyl (C=O) groups excluding carboxylic acids is 1. The molecule has 1 N–H and O–H groups in total. The van der Waals surface area contributed by atoms with Gasteiger partial charge in [0.2, 0.25) is 5.88 Å². The molecule has 4 aromatic rings. The van der Waals surface area contributed by atoms with Crippen LogP contribution < -0.4 is 15.6 Å². The molecule has 8 nitrogen and oxygen atoms in total. The highest BCUT2D eigenvalue weighted by Gasteiger charge is 2.21. The topological polar surface area (TPSA) is 95.3 Å². The Hall–Kier alpha value is -3.56. The Morgan fingerprint density at radius 3 is 2.59 bits per heavy atom. The van der Waals surface area contributed by atoms with Crippen LogP contribution in [0.2, 0.25) is 0 Å². The summed E-state index contributed by atoms with van der Waals surface area (Å²) in [6, 6.07) is 12.5. The number of thiophene rings is 1. The van der Waals surface area contributed by atoms with Crippen molar-refractivity contribution < 1.29 is 14.3 Å². The van der Waals surface area contributed by atoms with Crippen molar-refractivity contribution in [1.82, 2.24) is 14.5 Å². The van der Waals surface area contributed by atoms with Crippen LogP contribution in [0.3, 0.4) is 0 Å². The molecule has 0 unspecified atom stereocenters. The normalized spacial score (nSPS) is 11.0. The van der Waals surface area contributed by atoms with Crippen molar-refractivity contribution in [2.24, 2.45) is 0 Å². The Morgan fingerprint density at radius 2 is 1.91 bits per heavy atom. The highest BCUT2D eigenvalue weighted by molar-refractivity contribution is 7.20. The van der Waals surface area contributed by atoms with Crippen molar-refractivity contribution in [3.05, 3.63) is 80.8 Å². The number of pyridine rings is 1. The van der Waals surface area contributed by atoms with Gasteiger partial charge in [-0.25, -0.2) is 4.98 Å². The Balaban J connectivity index is 1.55. The number of benzene rings is 1. The van der Waals surface area contributed by atoms with Crippen molar-refractivity contribution >= 4 is 33.1 Å². The number of amides is 1. The van der Waals surface area contributed by atoms with Crippen LogP contribution in [0.15, 0.2) is 53.5 Å². The predicted octanol–water partition coefficient (Wildman–Crippen LogP) is 3.62. The van der Waals surface area contributed by atoms with E-state index in [1.807, 2.05) is 37.3 Å². The summed E-state index contributed by atoms with van der Waals surface area (Å²) in [7, 11) is 3.11. The summed E-state index contributed by atoms with van der Waals surface area (Å²) in [5, 5.41) is 3.66. The predicted molar refractivity (Wildman–Crippen MR) is 124 cm³/mol. The first-order valence-electron chi connectivity index (χ1n) is 9.89. The summed E-state index contributed by atoms with van der Waals surface area (Å²) in [6.07, 6.45) is 1.75. The highest BCUT2D eigenvalue weighted by Crippen LogP contribution is 2.35. The van der Waals surface area contributed by atoms with Gasteiger partial charge in [0, 0.05) is 25.1 Å². The summed E-state index contributed by atoms with van der Waals surface area (Å²) in [4.78, 5) is 34.9. The van der Waals surface area contributed by atoms with Crippen molar-refractivity contribution in [3.63, 3.8) is 0 Å². The van der Waals surface area contributed by atoms with Gasteiger partial charge in [-0.3, -0.25) is 9.59 Å². The molecular weight excluding hydrogens is 428 g/mol. The number of fused-ring (bicyclic) bond motifs is 1. The van der Waals surface area contributed by atoms with E-state index >= 15 is 0 Å². The van der Waals surface area contributed by atoms with Crippen LogP contribution in [-0.4, -0.2) is 34.7 Å². The second-order valence-electron chi connectivity index (χ2n) is 7.14. The third-order valence-corrected chi connectivity index (χ3v) is 6.12. The van der Waals surface area contributed by atoms with Crippen LogP contribution in [0.1, 0.15) is 26.6 Å². The Bertz CT molecular complexity index is 1330. The lowest BCUT2D eigenvalue weighted by atomic mass is 10.2. The van der Waals surface area contributed by atoms with E-state index in [0.717, 1.165) is 16.5 Å². The molecule has 0 fully saturated rings. The van der Waals surface area contributed by atoms with Gasteiger partial charge < -0.3 is 19.4 Å². The maximum absolute atomic E-state index is 13.0. The third kappa shape index (κ3) is 4.39. The molecule has 0 bridgehead atoms. The Kier molecular flexibility index (Phi) is 6.29. The number of nitrogens with one attached hydrogen (secondary N) is 1. The molecule has 0 saturated heterocycles. The number of aryl methyl sites for hydroxylation is 1. The number of hydrogen-bond acceptors (Lipinski definition) is 7. The summed E-state index contributed by atoms with van der Waals surface area (Å²) < 4.78 is 12.2. The maximum atomic E-state index is 13.0. The molecule has 164 valence electrons. The molecule has 0 atom stereocenters. The lowest BCUT2D eigenvalue weighted by Gasteiger charge is -2.08. The minimum absolute atomic E-state index is 0.0581. The van der Waals surface area contributed by atoms with Gasteiger partial charge >= 0.3 is 0 Å². The maximum Gasteiger partial charge on any atom is 0.266 e. The average molecular weight is 451 g/mol. The van der Waals surface area contributed by atoms with Crippen molar-refractivity contribution in [2.45, 2.75) is 20.1 Å². The van der Waals surface area contributed by atoms with E-state index in [-0.39, 0.29) is 18.1 Å². The van der Waals surface area contributed by atoms with Crippen molar-refractivity contribution in [3.8, 4) is 5.88 Å². The molecule has 1 aromatic carbocycles. The number of carbonyl (C=O) groups is 1. The zero-order valence-corrected chi connectivity index (χ0v) is 18.7. The summed E-state index contributed by atoms with van der Waals surface area (Å²) in [5.41, 5.74) is 2.33. The second kappa shape index (κ2) is 9.29. The highest BCUT2D eigenvalue weighted by atomic mass is 32.1. The monoisotopic (exact) mass is 450 g/mol. The van der Waals surface area contributed by atoms with E-state index in [2.05, 4.69) is 15.3 Å². The molecule has 0 aliphatic rings. The van der Waals surface area contributed by atoms with Gasteiger partial charge in [0.1, 0.15) is 11.4 Å². The first-order valence-corrected chi connectivity index (χ1v) is 10.7. The zero-order valence-electron chi connectivity index (χ0n) is 17.9. The lowest BCUT2D eigenvalue weighted by Crippen LogP contribution is -2.18. The van der Waals surface area contributed by atoms with E-state index in [4.69, 9.17) is 9.47 Å². The number of nitrogens with zero attached hydrogens (tertiary/aromatic N) is 3. The van der Waals surface area contributed by atoms with Gasteiger partial charge in [0.25, 0.3) is 11.5 Å². The first-order chi connectivity index (χ1) is 15.5. The van der Waals surface area contributed by atoms with Gasteiger partial charge in [0.05, 0.1) is 23.9 Å². The molecule has 0 spiro atoms. The molecule has 3 aromatic heterocycles. The number of anilines is 1. The lowest BCUT2D eigenvalue weighted by molar-refractivity contribution is 0.103. The molecule has 0 radical (unpaired) electrons. The molecule has 32 heavy (non-hydrogen) atoms. The number of ether oxygens (including phenoxy) is 2. The molecule has 4 rings (SSSR count). The van der Waals surface area contributed by atoms with E-state index in [0.29, 0.717) is 33.6 Å². The average Bonchev–Trinajstić information content (AvgIpc) is 3.13. The van der Waals surface area contributed by atoms with Gasteiger partial charge in [-0.05, 0) is 36.2 Å². The number of hydrogen-bond donors (Lipinski definition) is 1. The van der Waals surface area contributed by atoms with Gasteiger partial charge in [-0.2, -0.15) is 4.98 Å². The summed E-state index contributed by atoms with van der Waals surface area (Å²) in [6.45, 7) is 2.58.